The molecule has 1 rings (SSSR count). The molecule has 0 saturated heterocycles. The van der Waals surface area contributed by atoms with Gasteiger partial charge in [-0.15, -0.1) is 13.2 Å². The third-order valence-electron chi connectivity index (χ3n) is 2.15. The number of alkyl halides is 3. The van der Waals surface area contributed by atoms with Gasteiger partial charge in [0.05, 0.1) is 12.1 Å². The molecule has 0 aromatic heterocycles. The molecular formula is C12H8F3N3O2. The number of hydrogen-bond donors (Lipinski definition) is 0. The summed E-state index contributed by atoms with van der Waals surface area (Å²) in [5.74, 6) is -1.08. The van der Waals surface area contributed by atoms with Crippen LogP contribution in [0.15, 0.2) is 24.3 Å². The molecule has 0 bridgehead atoms. The van der Waals surface area contributed by atoms with Crippen molar-refractivity contribution in [1.82, 2.24) is 4.90 Å². The first-order chi connectivity index (χ1) is 9.37. The topological polar surface area (TPSA) is 77.1 Å². The number of nitriles is 2. The molecule has 8 heteroatoms. The Morgan fingerprint density at radius 3 is 2.05 bits per heavy atom. The summed E-state index contributed by atoms with van der Waals surface area (Å²) in [5.41, 5.74) is 0.0602. The monoisotopic (exact) mass is 283 g/mol. The number of ether oxygens (including phenoxy) is 1. The molecular weight excluding hydrogens is 275 g/mol. The van der Waals surface area contributed by atoms with Gasteiger partial charge in [0, 0.05) is 5.56 Å². The normalized spacial score (nSPS) is 10.2. The third kappa shape index (κ3) is 4.50. The summed E-state index contributed by atoms with van der Waals surface area (Å²) in [5, 5.41) is 17.1. The van der Waals surface area contributed by atoms with Gasteiger partial charge in [-0.05, 0) is 24.3 Å². The molecule has 1 aromatic carbocycles. The maximum absolute atomic E-state index is 12.0. The van der Waals surface area contributed by atoms with Crippen LogP contribution in [-0.2, 0) is 0 Å². The largest absolute Gasteiger partial charge is 0.573 e. The fourth-order valence-corrected chi connectivity index (χ4v) is 1.35. The number of amides is 1. The van der Waals surface area contributed by atoms with Gasteiger partial charge in [0.1, 0.15) is 18.8 Å². The zero-order valence-corrected chi connectivity index (χ0v) is 10.0. The van der Waals surface area contributed by atoms with Crippen LogP contribution in [0.5, 0.6) is 5.75 Å². The van der Waals surface area contributed by atoms with Gasteiger partial charge in [-0.25, -0.2) is 0 Å². The van der Waals surface area contributed by atoms with E-state index in [1.54, 1.807) is 12.1 Å². The molecule has 0 aliphatic rings. The molecule has 5 nitrogen and oxygen atoms in total. The first-order valence-corrected chi connectivity index (χ1v) is 5.26. The number of nitrogens with zero attached hydrogens (tertiary/aromatic N) is 3. The van der Waals surface area contributed by atoms with E-state index in [9.17, 15) is 18.0 Å². The Morgan fingerprint density at radius 2 is 1.65 bits per heavy atom. The highest BCUT2D eigenvalue weighted by Crippen LogP contribution is 2.23. The fraction of sp³-hybridized carbons (Fsp3) is 0.250. The summed E-state index contributed by atoms with van der Waals surface area (Å²) < 4.78 is 39.5. The van der Waals surface area contributed by atoms with Crippen molar-refractivity contribution in [1.29, 1.82) is 10.5 Å². The minimum Gasteiger partial charge on any atom is -0.406 e. The smallest absolute Gasteiger partial charge is 0.406 e. The van der Waals surface area contributed by atoms with Crippen molar-refractivity contribution >= 4 is 5.91 Å². The van der Waals surface area contributed by atoms with E-state index in [1.165, 1.54) is 0 Å². The van der Waals surface area contributed by atoms with E-state index in [0.29, 0.717) is 0 Å². The highest BCUT2D eigenvalue weighted by Gasteiger charge is 2.31. The summed E-state index contributed by atoms with van der Waals surface area (Å²) in [6.45, 7) is -0.569. The number of carbonyl (C=O) groups excluding carboxylic acids is 1. The van der Waals surface area contributed by atoms with Crippen LogP contribution >= 0.6 is 0 Å². The van der Waals surface area contributed by atoms with Crippen LogP contribution in [0.1, 0.15) is 10.4 Å². The lowest BCUT2D eigenvalue weighted by Crippen LogP contribution is -2.31. The lowest BCUT2D eigenvalue weighted by atomic mass is 10.2. The second kappa shape index (κ2) is 6.43. The quantitative estimate of drug-likeness (QED) is 0.792. The van der Waals surface area contributed by atoms with Crippen molar-refractivity contribution in [2.75, 3.05) is 13.1 Å². The molecule has 0 radical (unpaired) electrons. The Balaban J connectivity index is 2.85. The minimum absolute atomic E-state index is 0.0602. The molecule has 1 aromatic rings. The van der Waals surface area contributed by atoms with Gasteiger partial charge in [0.2, 0.25) is 0 Å². The molecule has 1 amide bonds. The molecule has 20 heavy (non-hydrogen) atoms. The fourth-order valence-electron chi connectivity index (χ4n) is 1.35. The van der Waals surface area contributed by atoms with E-state index in [2.05, 4.69) is 4.74 Å². The lowest BCUT2D eigenvalue weighted by molar-refractivity contribution is -0.274. The average Bonchev–Trinajstić information content (AvgIpc) is 2.37. The van der Waals surface area contributed by atoms with E-state index in [0.717, 1.165) is 29.2 Å². The van der Waals surface area contributed by atoms with Crippen molar-refractivity contribution in [3.05, 3.63) is 29.8 Å². The highest BCUT2D eigenvalue weighted by molar-refractivity contribution is 5.94. The van der Waals surface area contributed by atoms with E-state index in [-0.39, 0.29) is 18.7 Å². The van der Waals surface area contributed by atoms with Crippen molar-refractivity contribution < 1.29 is 22.7 Å². The summed E-state index contributed by atoms with van der Waals surface area (Å²) in [7, 11) is 0. The zero-order chi connectivity index (χ0) is 15.2. The number of hydrogen-bond acceptors (Lipinski definition) is 4. The molecule has 0 N–H and O–H groups in total. The molecule has 0 heterocycles. The molecule has 0 spiro atoms. The van der Waals surface area contributed by atoms with Crippen molar-refractivity contribution in [2.45, 2.75) is 6.36 Å². The SMILES string of the molecule is N#CCN(CC#N)C(=O)c1ccc(OC(F)(F)F)cc1. The van der Waals surface area contributed by atoms with E-state index < -0.39 is 18.0 Å². The Hall–Kier alpha value is -2.74. The second-order valence-corrected chi connectivity index (χ2v) is 3.55. The summed E-state index contributed by atoms with van der Waals surface area (Å²) >= 11 is 0. The Bertz CT molecular complexity index is 539. The van der Waals surface area contributed by atoms with Crippen molar-refractivity contribution in [3.63, 3.8) is 0 Å². The van der Waals surface area contributed by atoms with Gasteiger partial charge in [-0.3, -0.25) is 4.79 Å². The van der Waals surface area contributed by atoms with Crippen LogP contribution in [0.4, 0.5) is 13.2 Å². The number of benzene rings is 1. The summed E-state index contributed by atoms with van der Waals surface area (Å²) in [6.07, 6.45) is -4.81. The maximum atomic E-state index is 12.0. The zero-order valence-electron chi connectivity index (χ0n) is 10.0. The van der Waals surface area contributed by atoms with E-state index >= 15 is 0 Å². The van der Waals surface area contributed by atoms with Crippen molar-refractivity contribution in [3.8, 4) is 17.9 Å². The Labute approximate surface area is 112 Å². The molecule has 0 atom stereocenters. The second-order valence-electron chi connectivity index (χ2n) is 3.55. The molecule has 0 unspecified atom stereocenters. The molecule has 0 fully saturated rings. The number of carbonyl (C=O) groups is 1. The average molecular weight is 283 g/mol. The first kappa shape index (κ1) is 15.3. The molecule has 0 saturated carbocycles. The first-order valence-electron chi connectivity index (χ1n) is 5.26. The minimum atomic E-state index is -4.81. The van der Waals surface area contributed by atoms with Gasteiger partial charge in [-0.2, -0.15) is 10.5 Å². The summed E-state index contributed by atoms with van der Waals surface area (Å²) in [4.78, 5) is 12.9. The van der Waals surface area contributed by atoms with Gasteiger partial charge >= 0.3 is 6.36 Å². The predicted molar refractivity (Wildman–Crippen MR) is 60.3 cm³/mol. The molecule has 0 aliphatic carbocycles. The maximum Gasteiger partial charge on any atom is 0.573 e. The third-order valence-corrected chi connectivity index (χ3v) is 2.15. The van der Waals surface area contributed by atoms with E-state index in [1.807, 2.05) is 0 Å². The Morgan fingerprint density at radius 1 is 1.15 bits per heavy atom. The van der Waals surface area contributed by atoms with Gasteiger partial charge < -0.3 is 9.64 Å². The molecule has 104 valence electrons. The molecule has 0 aliphatic heterocycles. The van der Waals surface area contributed by atoms with Crippen LogP contribution in [0.3, 0.4) is 0 Å². The van der Waals surface area contributed by atoms with Crippen molar-refractivity contribution in [2.24, 2.45) is 0 Å². The van der Waals surface area contributed by atoms with Crippen LogP contribution < -0.4 is 4.74 Å². The van der Waals surface area contributed by atoms with Crippen LogP contribution in [0.25, 0.3) is 0 Å². The van der Waals surface area contributed by atoms with Gasteiger partial charge in [0.15, 0.2) is 0 Å². The van der Waals surface area contributed by atoms with Crippen LogP contribution in [-0.4, -0.2) is 30.3 Å². The Kier molecular flexibility index (Phi) is 4.93. The highest BCUT2D eigenvalue weighted by atomic mass is 19.4. The number of rotatable bonds is 4. The van der Waals surface area contributed by atoms with Crippen LogP contribution in [0, 0.1) is 22.7 Å². The lowest BCUT2D eigenvalue weighted by Gasteiger charge is -2.16. The summed E-state index contributed by atoms with van der Waals surface area (Å²) in [6, 6.07) is 7.68. The standard InChI is InChI=1S/C12H8F3N3O2/c13-12(14,15)20-10-3-1-9(2-4-10)11(19)18(7-5-16)8-6-17/h1-4H,7-8H2. The van der Waals surface area contributed by atoms with E-state index in [4.69, 9.17) is 10.5 Å². The number of halogens is 3. The van der Waals surface area contributed by atoms with Gasteiger partial charge in [0.25, 0.3) is 5.91 Å². The van der Waals surface area contributed by atoms with Gasteiger partial charge in [-0.1, -0.05) is 0 Å². The van der Waals surface area contributed by atoms with Crippen LogP contribution in [0.2, 0.25) is 0 Å². The predicted octanol–water partition coefficient (Wildman–Crippen LogP) is 2.07.